The summed E-state index contributed by atoms with van der Waals surface area (Å²) in [7, 11) is 0. The molecule has 0 saturated carbocycles. The van der Waals surface area contributed by atoms with Gasteiger partial charge in [0.25, 0.3) is 5.91 Å². The number of halogens is 2. The van der Waals surface area contributed by atoms with Crippen LogP contribution in [0.15, 0.2) is 95.7 Å². The number of benzene rings is 3. The summed E-state index contributed by atoms with van der Waals surface area (Å²) in [6.07, 6.45) is 0.822. The molecular weight excluding hydrogens is 699 g/mol. The lowest BCUT2D eigenvalue weighted by molar-refractivity contribution is -0.154. The Bertz CT molecular complexity index is 1830. The summed E-state index contributed by atoms with van der Waals surface area (Å²) in [6, 6.07) is 23.0. The number of carbonyl (C=O) groups excluding carboxylic acids is 4. The predicted octanol–water partition coefficient (Wildman–Crippen LogP) is 6.64. The molecule has 9 nitrogen and oxygen atoms in total. The van der Waals surface area contributed by atoms with Crippen LogP contribution in [0.3, 0.4) is 0 Å². The lowest BCUT2D eigenvalue weighted by Crippen LogP contribution is -2.70. The molecule has 47 heavy (non-hydrogen) atoms. The highest BCUT2D eigenvalue weighted by Crippen LogP contribution is 2.45. The number of thioether (sulfide) groups is 2. The average Bonchev–Trinajstić information content (AvgIpc) is 3.54. The highest BCUT2D eigenvalue weighted by Gasteiger charge is 2.55. The van der Waals surface area contributed by atoms with Crippen molar-refractivity contribution < 1.29 is 23.9 Å². The summed E-state index contributed by atoms with van der Waals surface area (Å²) in [5, 5.41) is 6.14. The molecule has 2 N–H and O–H groups in total. The number of nitrogens with one attached hydrogen (secondary N) is 2. The van der Waals surface area contributed by atoms with Crippen molar-refractivity contribution in [3.8, 4) is 0 Å². The van der Waals surface area contributed by atoms with Crippen LogP contribution in [0.5, 0.6) is 0 Å². The van der Waals surface area contributed by atoms with Crippen molar-refractivity contribution in [3.63, 3.8) is 0 Å². The van der Waals surface area contributed by atoms with Crippen LogP contribution in [0.25, 0.3) is 5.57 Å². The first-order valence-corrected chi connectivity index (χ1v) is 17.9. The molecule has 14 heteroatoms. The van der Waals surface area contributed by atoms with Crippen molar-refractivity contribution in [3.05, 3.63) is 117 Å². The molecular formula is C33H26Cl2N4O5S3. The van der Waals surface area contributed by atoms with E-state index >= 15 is 0 Å². The van der Waals surface area contributed by atoms with Crippen LogP contribution in [0.4, 0.5) is 5.13 Å². The maximum Gasteiger partial charge on any atom is 0.356 e. The van der Waals surface area contributed by atoms with E-state index in [0.29, 0.717) is 31.4 Å². The van der Waals surface area contributed by atoms with Crippen molar-refractivity contribution >= 4 is 92.5 Å². The normalized spacial score (nSPS) is 17.2. The van der Waals surface area contributed by atoms with Crippen LogP contribution in [0, 0.1) is 0 Å². The van der Waals surface area contributed by atoms with Gasteiger partial charge in [0.05, 0.1) is 20.7 Å². The van der Waals surface area contributed by atoms with Gasteiger partial charge in [-0.1, -0.05) is 95.2 Å². The predicted molar refractivity (Wildman–Crippen MR) is 186 cm³/mol. The Morgan fingerprint density at radius 2 is 1.70 bits per heavy atom. The summed E-state index contributed by atoms with van der Waals surface area (Å²) in [4.78, 5) is 59.6. The van der Waals surface area contributed by atoms with Crippen LogP contribution in [0.1, 0.15) is 29.0 Å². The smallest absolute Gasteiger partial charge is 0.356 e. The second-order valence-electron chi connectivity index (χ2n) is 10.5. The van der Waals surface area contributed by atoms with Crippen molar-refractivity contribution in [1.29, 1.82) is 0 Å². The SMILES string of the molecule is CC(=O)Nc1ncc(C2=C(C(=O)OC(c3ccccc3)c3ccccc3)N3C(=O)C(NC(=O)CSc4ccc(Cl)c(Cl)c4)C3SC2)s1. The molecule has 4 aromatic rings. The highest BCUT2D eigenvalue weighted by molar-refractivity contribution is 8.00. The van der Waals surface area contributed by atoms with Gasteiger partial charge in [-0.2, -0.15) is 0 Å². The number of amides is 3. The minimum absolute atomic E-state index is 0.0533. The fourth-order valence-electron chi connectivity index (χ4n) is 5.10. The number of ether oxygens (including phenoxy) is 1. The molecule has 3 heterocycles. The third-order valence-electron chi connectivity index (χ3n) is 7.25. The minimum atomic E-state index is -0.832. The number of anilines is 1. The van der Waals surface area contributed by atoms with Crippen molar-refractivity contribution in [2.24, 2.45) is 0 Å². The van der Waals surface area contributed by atoms with Crippen molar-refractivity contribution in [1.82, 2.24) is 15.2 Å². The van der Waals surface area contributed by atoms with E-state index in [1.807, 2.05) is 60.7 Å². The lowest BCUT2D eigenvalue weighted by atomic mass is 10.0. The Labute approximate surface area is 293 Å². The van der Waals surface area contributed by atoms with Crippen LogP contribution in [-0.2, 0) is 23.9 Å². The second-order valence-corrected chi connectivity index (χ2v) is 14.5. The number of thiazole rings is 1. The second kappa shape index (κ2) is 14.5. The third kappa shape index (κ3) is 7.37. The van der Waals surface area contributed by atoms with E-state index in [-0.39, 0.29) is 23.3 Å². The summed E-state index contributed by atoms with van der Waals surface area (Å²) in [6.45, 7) is 1.38. The van der Waals surface area contributed by atoms with Crippen molar-refractivity contribution in [2.45, 2.75) is 29.3 Å². The Morgan fingerprint density at radius 3 is 2.34 bits per heavy atom. The number of esters is 1. The first kappa shape index (κ1) is 33.1. The topological polar surface area (TPSA) is 118 Å². The molecule has 1 fully saturated rings. The number of rotatable bonds is 10. The molecule has 3 aromatic carbocycles. The first-order valence-electron chi connectivity index (χ1n) is 14.3. The Morgan fingerprint density at radius 1 is 1.02 bits per heavy atom. The van der Waals surface area contributed by atoms with E-state index in [9.17, 15) is 19.2 Å². The largest absolute Gasteiger partial charge is 0.448 e. The zero-order valence-electron chi connectivity index (χ0n) is 24.6. The van der Waals surface area contributed by atoms with E-state index in [1.54, 1.807) is 24.4 Å². The first-order chi connectivity index (χ1) is 22.7. The quantitative estimate of drug-likeness (QED) is 0.106. The molecule has 1 saturated heterocycles. The molecule has 0 radical (unpaired) electrons. The molecule has 2 unspecified atom stereocenters. The number of nitrogens with zero attached hydrogens (tertiary/aromatic N) is 2. The van der Waals surface area contributed by atoms with Crippen LogP contribution in [-0.4, -0.2) is 56.5 Å². The van der Waals surface area contributed by atoms with Gasteiger partial charge in [0.15, 0.2) is 11.2 Å². The van der Waals surface area contributed by atoms with Crippen LogP contribution < -0.4 is 10.6 Å². The van der Waals surface area contributed by atoms with Gasteiger partial charge in [-0.25, -0.2) is 9.78 Å². The number of hydrogen-bond donors (Lipinski definition) is 2. The monoisotopic (exact) mass is 724 g/mol. The Balaban J connectivity index is 1.27. The summed E-state index contributed by atoms with van der Waals surface area (Å²) < 4.78 is 6.21. The maximum atomic E-state index is 14.2. The maximum absolute atomic E-state index is 14.2. The van der Waals surface area contributed by atoms with E-state index in [2.05, 4.69) is 15.6 Å². The number of aromatic nitrogens is 1. The molecule has 3 amide bonds. The van der Waals surface area contributed by atoms with E-state index in [4.69, 9.17) is 27.9 Å². The summed E-state index contributed by atoms with van der Waals surface area (Å²) >= 11 is 16.0. The molecule has 2 aliphatic heterocycles. The number of carbonyl (C=O) groups is 4. The molecule has 240 valence electrons. The fraction of sp³-hybridized carbons (Fsp3) is 0.182. The number of hydrogen-bond acceptors (Lipinski definition) is 9. The minimum Gasteiger partial charge on any atom is -0.448 e. The molecule has 0 aliphatic carbocycles. The molecule has 1 aromatic heterocycles. The van der Waals surface area contributed by atoms with Gasteiger partial charge in [0.1, 0.15) is 17.1 Å². The molecule has 6 rings (SSSR count). The van der Waals surface area contributed by atoms with Gasteiger partial charge in [-0.15, -0.1) is 23.5 Å². The highest BCUT2D eigenvalue weighted by atomic mass is 35.5. The zero-order chi connectivity index (χ0) is 33.1. The molecule has 2 aliphatic rings. The van der Waals surface area contributed by atoms with Crippen molar-refractivity contribution in [2.75, 3.05) is 16.8 Å². The molecule has 2 atom stereocenters. The van der Waals surface area contributed by atoms with Gasteiger partial charge < -0.3 is 15.4 Å². The van der Waals surface area contributed by atoms with Crippen LogP contribution in [0.2, 0.25) is 10.0 Å². The standard InChI is InChI=1S/C33H26Cl2N4O5S3/c1-18(40)37-33-36-15-25(47-33)22-16-46-31-27(38-26(41)17-45-21-12-13-23(34)24(35)14-21)30(42)39(31)28(22)32(43)44-29(19-8-4-2-5-9-19)20-10-6-3-7-11-20/h2-15,27,29,31H,16-17H2,1H3,(H,38,41)(H,36,37,40). The summed E-state index contributed by atoms with van der Waals surface area (Å²) in [5.74, 6) is -1.34. The summed E-state index contributed by atoms with van der Waals surface area (Å²) in [5.41, 5.74) is 2.17. The van der Waals surface area contributed by atoms with Gasteiger partial charge in [0, 0.05) is 29.3 Å². The molecule has 0 bridgehead atoms. The van der Waals surface area contributed by atoms with Gasteiger partial charge in [0.2, 0.25) is 11.8 Å². The van der Waals surface area contributed by atoms with Gasteiger partial charge in [-0.3, -0.25) is 19.3 Å². The number of fused-ring (bicyclic) bond motifs is 1. The van der Waals surface area contributed by atoms with E-state index in [1.165, 1.54) is 46.7 Å². The van der Waals surface area contributed by atoms with E-state index < -0.39 is 29.4 Å². The van der Waals surface area contributed by atoms with Gasteiger partial charge >= 0.3 is 5.97 Å². The van der Waals surface area contributed by atoms with Crippen LogP contribution >= 0.6 is 58.1 Å². The average molecular weight is 726 g/mol. The Hall–Kier alpha value is -3.81. The van der Waals surface area contributed by atoms with Gasteiger partial charge in [-0.05, 0) is 29.3 Å². The zero-order valence-corrected chi connectivity index (χ0v) is 28.6. The fourth-order valence-corrected chi connectivity index (χ4v) is 8.57. The Kier molecular flexibility index (Phi) is 10.2. The molecule has 0 spiro atoms. The van der Waals surface area contributed by atoms with E-state index in [0.717, 1.165) is 16.0 Å². The third-order valence-corrected chi connectivity index (χ3v) is 11.2. The number of β-lactam (4-membered cyclic amide) rings is 1. The lowest BCUT2D eigenvalue weighted by Gasteiger charge is -2.49.